The Morgan fingerprint density at radius 2 is 2.08 bits per heavy atom. The summed E-state index contributed by atoms with van der Waals surface area (Å²) in [4.78, 5) is 0. The molecule has 2 heteroatoms. The van der Waals surface area contributed by atoms with Crippen molar-refractivity contribution in [3.05, 3.63) is 35.4 Å². The summed E-state index contributed by atoms with van der Waals surface area (Å²) in [7, 11) is 0. The maximum Gasteiger partial charge on any atom is 0.0543 e. The third-order valence-corrected chi connectivity index (χ3v) is 2.26. The van der Waals surface area contributed by atoms with E-state index < -0.39 is 0 Å². The van der Waals surface area contributed by atoms with Gasteiger partial charge < -0.3 is 5.43 Å². The molecular weight excluding hydrogens is 160 g/mol. The Balaban J connectivity index is 2.43. The standard InChI is InChI=1S/C11H14N2/c1-11(2)7-9-5-3-4-6-10(9)8-12-13-11/h3-6,8,13H,7H2,1-2H3. The van der Waals surface area contributed by atoms with Gasteiger partial charge in [-0.05, 0) is 31.4 Å². The van der Waals surface area contributed by atoms with Crippen molar-refractivity contribution >= 4 is 6.21 Å². The Bertz CT molecular complexity index is 340. The first-order valence-corrected chi connectivity index (χ1v) is 4.55. The van der Waals surface area contributed by atoms with Crippen molar-refractivity contribution in [1.82, 2.24) is 5.43 Å². The molecule has 1 aliphatic heterocycles. The number of hydrogen-bond donors (Lipinski definition) is 1. The predicted molar refractivity (Wildman–Crippen MR) is 55.0 cm³/mol. The smallest absolute Gasteiger partial charge is 0.0543 e. The van der Waals surface area contributed by atoms with Crippen LogP contribution in [0.2, 0.25) is 0 Å². The number of rotatable bonds is 0. The lowest BCUT2D eigenvalue weighted by Crippen LogP contribution is -2.36. The summed E-state index contributed by atoms with van der Waals surface area (Å²) in [6.45, 7) is 4.32. The van der Waals surface area contributed by atoms with Crippen LogP contribution in [0, 0.1) is 0 Å². The summed E-state index contributed by atoms with van der Waals surface area (Å²) < 4.78 is 0. The van der Waals surface area contributed by atoms with Gasteiger partial charge in [0.1, 0.15) is 0 Å². The second-order valence-corrected chi connectivity index (χ2v) is 4.13. The van der Waals surface area contributed by atoms with Crippen LogP contribution < -0.4 is 5.43 Å². The van der Waals surface area contributed by atoms with Gasteiger partial charge in [0.05, 0.1) is 11.8 Å². The van der Waals surface area contributed by atoms with E-state index in [1.807, 2.05) is 12.3 Å². The van der Waals surface area contributed by atoms with E-state index in [9.17, 15) is 0 Å². The van der Waals surface area contributed by atoms with Crippen molar-refractivity contribution in [3.8, 4) is 0 Å². The fourth-order valence-electron chi connectivity index (χ4n) is 1.61. The number of fused-ring (bicyclic) bond motifs is 1. The lowest BCUT2D eigenvalue weighted by atomic mass is 9.93. The SMILES string of the molecule is CC1(C)Cc2ccccc2C=NN1. The summed E-state index contributed by atoms with van der Waals surface area (Å²) in [5, 5.41) is 4.19. The minimum Gasteiger partial charge on any atom is -0.304 e. The molecule has 0 fully saturated rings. The molecule has 0 saturated heterocycles. The Labute approximate surface area is 78.7 Å². The van der Waals surface area contributed by atoms with Crippen LogP contribution in [0.5, 0.6) is 0 Å². The second kappa shape index (κ2) is 2.87. The first-order chi connectivity index (χ1) is 6.17. The number of benzene rings is 1. The summed E-state index contributed by atoms with van der Waals surface area (Å²) in [6, 6.07) is 8.38. The van der Waals surface area contributed by atoms with Crippen LogP contribution in [-0.2, 0) is 6.42 Å². The van der Waals surface area contributed by atoms with Gasteiger partial charge in [-0.25, -0.2) is 0 Å². The van der Waals surface area contributed by atoms with Crippen LogP contribution in [0.15, 0.2) is 29.4 Å². The maximum absolute atomic E-state index is 4.19. The van der Waals surface area contributed by atoms with Crippen molar-refractivity contribution in [2.24, 2.45) is 5.10 Å². The van der Waals surface area contributed by atoms with Crippen LogP contribution in [0.4, 0.5) is 0 Å². The molecule has 1 aromatic carbocycles. The van der Waals surface area contributed by atoms with Gasteiger partial charge in [-0.15, -0.1) is 0 Å². The Kier molecular flexibility index (Phi) is 1.83. The summed E-state index contributed by atoms with van der Waals surface area (Å²) >= 11 is 0. The van der Waals surface area contributed by atoms with Crippen molar-refractivity contribution in [1.29, 1.82) is 0 Å². The molecule has 0 spiro atoms. The molecule has 0 bridgehead atoms. The quantitative estimate of drug-likeness (QED) is 0.638. The lowest BCUT2D eigenvalue weighted by Gasteiger charge is -2.22. The van der Waals surface area contributed by atoms with Crippen LogP contribution in [0.25, 0.3) is 0 Å². The Morgan fingerprint density at radius 3 is 2.92 bits per heavy atom. The highest BCUT2D eigenvalue weighted by atomic mass is 15.3. The fraction of sp³-hybridized carbons (Fsp3) is 0.364. The minimum atomic E-state index is 0.0586. The van der Waals surface area contributed by atoms with E-state index in [4.69, 9.17) is 0 Å². The van der Waals surface area contributed by atoms with E-state index in [0.29, 0.717) is 0 Å². The first-order valence-electron chi connectivity index (χ1n) is 4.55. The van der Waals surface area contributed by atoms with Gasteiger partial charge in [-0.3, -0.25) is 0 Å². The van der Waals surface area contributed by atoms with Crippen molar-refractivity contribution in [3.63, 3.8) is 0 Å². The maximum atomic E-state index is 4.19. The lowest BCUT2D eigenvalue weighted by molar-refractivity contribution is 0.402. The van der Waals surface area contributed by atoms with Gasteiger partial charge in [0, 0.05) is 0 Å². The fourth-order valence-corrected chi connectivity index (χ4v) is 1.61. The Morgan fingerprint density at radius 1 is 1.31 bits per heavy atom. The van der Waals surface area contributed by atoms with Gasteiger partial charge in [0.2, 0.25) is 0 Å². The van der Waals surface area contributed by atoms with Crippen LogP contribution >= 0.6 is 0 Å². The van der Waals surface area contributed by atoms with Gasteiger partial charge >= 0.3 is 0 Å². The normalized spacial score (nSPS) is 18.6. The predicted octanol–water partition coefficient (Wildman–Crippen LogP) is 1.94. The molecule has 1 aromatic rings. The van der Waals surface area contributed by atoms with E-state index in [-0.39, 0.29) is 5.54 Å². The number of nitrogens with one attached hydrogen (secondary N) is 1. The molecule has 0 aliphatic carbocycles. The number of nitrogens with zero attached hydrogens (tertiary/aromatic N) is 1. The van der Waals surface area contributed by atoms with E-state index in [0.717, 1.165) is 6.42 Å². The van der Waals surface area contributed by atoms with Crippen LogP contribution in [0.1, 0.15) is 25.0 Å². The molecule has 0 radical (unpaired) electrons. The molecular formula is C11H14N2. The van der Waals surface area contributed by atoms with E-state index in [1.54, 1.807) is 0 Å². The molecule has 0 aromatic heterocycles. The molecule has 1 aliphatic rings. The van der Waals surface area contributed by atoms with Gasteiger partial charge in [0.15, 0.2) is 0 Å². The largest absolute Gasteiger partial charge is 0.304 e. The van der Waals surface area contributed by atoms with Crippen molar-refractivity contribution in [2.45, 2.75) is 25.8 Å². The highest BCUT2D eigenvalue weighted by Crippen LogP contribution is 2.17. The third-order valence-electron chi connectivity index (χ3n) is 2.26. The molecule has 0 saturated carbocycles. The zero-order valence-electron chi connectivity index (χ0n) is 8.04. The summed E-state index contributed by atoms with van der Waals surface area (Å²) in [5.74, 6) is 0. The van der Waals surface area contributed by atoms with Gasteiger partial charge in [-0.2, -0.15) is 5.10 Å². The molecule has 2 nitrogen and oxygen atoms in total. The average Bonchev–Trinajstić information content (AvgIpc) is 2.21. The first kappa shape index (κ1) is 8.30. The molecule has 0 unspecified atom stereocenters. The number of hydrazone groups is 1. The van der Waals surface area contributed by atoms with Gasteiger partial charge in [0.25, 0.3) is 0 Å². The molecule has 0 amide bonds. The summed E-state index contributed by atoms with van der Waals surface area (Å²) in [5.41, 5.74) is 5.78. The van der Waals surface area contributed by atoms with Gasteiger partial charge in [-0.1, -0.05) is 24.3 Å². The van der Waals surface area contributed by atoms with E-state index in [1.165, 1.54) is 11.1 Å². The zero-order chi connectivity index (χ0) is 9.31. The average molecular weight is 174 g/mol. The molecule has 0 atom stereocenters. The number of hydrogen-bond acceptors (Lipinski definition) is 2. The second-order valence-electron chi connectivity index (χ2n) is 4.13. The molecule has 2 rings (SSSR count). The molecule has 1 N–H and O–H groups in total. The minimum absolute atomic E-state index is 0.0586. The molecule has 68 valence electrons. The van der Waals surface area contributed by atoms with E-state index >= 15 is 0 Å². The monoisotopic (exact) mass is 174 g/mol. The topological polar surface area (TPSA) is 24.4 Å². The Hall–Kier alpha value is -1.31. The molecule has 1 heterocycles. The zero-order valence-corrected chi connectivity index (χ0v) is 8.04. The highest BCUT2D eigenvalue weighted by Gasteiger charge is 2.20. The summed E-state index contributed by atoms with van der Waals surface area (Å²) in [6.07, 6.45) is 2.91. The van der Waals surface area contributed by atoms with Crippen molar-refractivity contribution in [2.75, 3.05) is 0 Å². The van der Waals surface area contributed by atoms with Crippen LogP contribution in [-0.4, -0.2) is 11.8 Å². The highest BCUT2D eigenvalue weighted by molar-refractivity contribution is 5.82. The van der Waals surface area contributed by atoms with Crippen molar-refractivity contribution < 1.29 is 0 Å². The van der Waals surface area contributed by atoms with E-state index in [2.05, 4.69) is 42.6 Å². The third kappa shape index (κ3) is 1.72. The molecule has 13 heavy (non-hydrogen) atoms. The van der Waals surface area contributed by atoms with Crippen LogP contribution in [0.3, 0.4) is 0 Å².